The molecule has 3 aromatic rings. The van der Waals surface area contributed by atoms with Gasteiger partial charge in [0.2, 0.25) is 0 Å². The smallest absolute Gasteiger partial charge is 0.0900 e. The number of nitrogen functional groups attached to an aromatic ring is 1. The van der Waals surface area contributed by atoms with Gasteiger partial charge in [0.05, 0.1) is 16.7 Å². The van der Waals surface area contributed by atoms with Crippen molar-refractivity contribution in [1.29, 1.82) is 0 Å². The number of fused-ring (bicyclic) bond motifs is 1. The van der Waals surface area contributed by atoms with E-state index in [0.717, 1.165) is 32.8 Å². The minimum atomic E-state index is 0.205. The summed E-state index contributed by atoms with van der Waals surface area (Å²) in [5, 5.41) is 6.74. The van der Waals surface area contributed by atoms with Crippen LogP contribution in [0.3, 0.4) is 0 Å². The van der Waals surface area contributed by atoms with E-state index in [-0.39, 0.29) is 6.04 Å². The number of thiazole rings is 1. The number of aromatic nitrogens is 2. The number of nitrogens with zero attached hydrogens (tertiary/aromatic N) is 2. The van der Waals surface area contributed by atoms with Gasteiger partial charge in [0, 0.05) is 39.4 Å². The number of hydrogen-bond acceptors (Lipinski definition) is 5. The van der Waals surface area contributed by atoms with E-state index < -0.39 is 0 Å². The van der Waals surface area contributed by atoms with Gasteiger partial charge in [-0.05, 0) is 39.0 Å². The van der Waals surface area contributed by atoms with Crippen molar-refractivity contribution in [2.45, 2.75) is 26.8 Å². The van der Waals surface area contributed by atoms with Crippen LogP contribution in [0.2, 0.25) is 0 Å². The van der Waals surface area contributed by atoms with Crippen molar-refractivity contribution in [2.24, 2.45) is 0 Å². The lowest BCUT2D eigenvalue weighted by Crippen LogP contribution is -2.07. The molecule has 4 nitrogen and oxygen atoms in total. The van der Waals surface area contributed by atoms with E-state index in [2.05, 4.69) is 29.1 Å². The summed E-state index contributed by atoms with van der Waals surface area (Å²) in [6.07, 6.45) is 3.60. The molecule has 1 aromatic carbocycles. The number of pyridine rings is 1. The fourth-order valence-electron chi connectivity index (χ4n) is 2.59. The van der Waals surface area contributed by atoms with Crippen molar-refractivity contribution in [3.05, 3.63) is 46.2 Å². The molecule has 5 heteroatoms. The number of hydrogen-bond donors (Lipinski definition) is 2. The predicted molar refractivity (Wildman–Crippen MR) is 89.8 cm³/mol. The number of anilines is 2. The molecule has 0 radical (unpaired) electrons. The van der Waals surface area contributed by atoms with Crippen LogP contribution in [-0.2, 0) is 0 Å². The second kappa shape index (κ2) is 5.33. The van der Waals surface area contributed by atoms with Gasteiger partial charge < -0.3 is 11.1 Å². The molecule has 2 aromatic heterocycles. The van der Waals surface area contributed by atoms with E-state index in [1.165, 1.54) is 4.88 Å². The first-order valence-corrected chi connectivity index (χ1v) is 7.70. The van der Waals surface area contributed by atoms with Crippen molar-refractivity contribution in [1.82, 2.24) is 9.97 Å². The molecule has 0 bridgehead atoms. The first kappa shape index (κ1) is 13.8. The molecule has 1 atom stereocenters. The molecular formula is C16H18N4S. The van der Waals surface area contributed by atoms with Gasteiger partial charge in [-0.25, -0.2) is 4.98 Å². The summed E-state index contributed by atoms with van der Waals surface area (Å²) in [6.45, 7) is 6.25. The van der Waals surface area contributed by atoms with E-state index in [0.29, 0.717) is 0 Å². The van der Waals surface area contributed by atoms with Gasteiger partial charge in [-0.1, -0.05) is 0 Å². The molecule has 0 aliphatic carbocycles. The lowest BCUT2D eigenvalue weighted by molar-refractivity contribution is 0.892. The summed E-state index contributed by atoms with van der Waals surface area (Å²) < 4.78 is 0. The Hall–Kier alpha value is -2.14. The minimum absolute atomic E-state index is 0.205. The first-order valence-electron chi connectivity index (χ1n) is 6.89. The zero-order valence-electron chi connectivity index (χ0n) is 12.3. The van der Waals surface area contributed by atoms with Crippen molar-refractivity contribution in [2.75, 3.05) is 11.1 Å². The lowest BCUT2D eigenvalue weighted by Gasteiger charge is -2.17. The Labute approximate surface area is 128 Å². The molecule has 3 N–H and O–H groups in total. The van der Waals surface area contributed by atoms with Crippen molar-refractivity contribution in [3.8, 4) is 0 Å². The summed E-state index contributed by atoms with van der Waals surface area (Å²) in [4.78, 5) is 9.92. The van der Waals surface area contributed by atoms with Crippen molar-refractivity contribution in [3.63, 3.8) is 0 Å². The van der Waals surface area contributed by atoms with Gasteiger partial charge in [0.25, 0.3) is 0 Å². The highest BCUT2D eigenvalue weighted by atomic mass is 32.1. The molecule has 108 valence electrons. The molecule has 21 heavy (non-hydrogen) atoms. The molecule has 2 heterocycles. The molecule has 0 fully saturated rings. The van der Waals surface area contributed by atoms with E-state index in [9.17, 15) is 0 Å². The van der Waals surface area contributed by atoms with Crippen LogP contribution in [-0.4, -0.2) is 9.97 Å². The number of rotatable bonds is 3. The third kappa shape index (κ3) is 2.56. The summed E-state index contributed by atoms with van der Waals surface area (Å²) in [5.41, 5.74) is 8.94. The van der Waals surface area contributed by atoms with Crippen molar-refractivity contribution < 1.29 is 0 Å². The Morgan fingerprint density at radius 1 is 1.19 bits per heavy atom. The predicted octanol–water partition coefficient (Wildman–Crippen LogP) is 4.06. The van der Waals surface area contributed by atoms with Crippen molar-refractivity contribution >= 4 is 33.5 Å². The zero-order valence-corrected chi connectivity index (χ0v) is 13.2. The molecule has 0 amide bonds. The highest BCUT2D eigenvalue weighted by Crippen LogP contribution is 2.32. The Morgan fingerprint density at radius 2 is 2.00 bits per heavy atom. The lowest BCUT2D eigenvalue weighted by atomic mass is 10.1. The molecule has 0 aliphatic heterocycles. The number of nitrogens with two attached hydrogens (primary N) is 1. The normalized spacial score (nSPS) is 12.5. The topological polar surface area (TPSA) is 63.8 Å². The highest BCUT2D eigenvalue weighted by Gasteiger charge is 2.14. The molecule has 0 saturated carbocycles. The van der Waals surface area contributed by atoms with Gasteiger partial charge in [-0.15, -0.1) is 11.3 Å². The summed E-state index contributed by atoms with van der Waals surface area (Å²) in [5.74, 6) is 0. The maximum atomic E-state index is 6.02. The van der Waals surface area contributed by atoms with Gasteiger partial charge >= 0.3 is 0 Å². The zero-order chi connectivity index (χ0) is 15.0. The highest BCUT2D eigenvalue weighted by molar-refractivity contribution is 7.11. The van der Waals surface area contributed by atoms with Gasteiger partial charge in [-0.3, -0.25) is 4.98 Å². The third-order valence-electron chi connectivity index (χ3n) is 3.56. The number of benzene rings is 1. The van der Waals surface area contributed by atoms with E-state index in [4.69, 9.17) is 5.73 Å². The Morgan fingerprint density at radius 3 is 2.71 bits per heavy atom. The van der Waals surface area contributed by atoms with Crippen LogP contribution in [0.25, 0.3) is 10.8 Å². The fraction of sp³-hybridized carbons (Fsp3) is 0.250. The monoisotopic (exact) mass is 298 g/mol. The van der Waals surface area contributed by atoms with Gasteiger partial charge in [0.1, 0.15) is 0 Å². The van der Waals surface area contributed by atoms with Crippen LogP contribution in [0.5, 0.6) is 0 Å². The standard InChI is InChI=1S/C16H18N4S/c1-9-16(21-11(3)19-9)10(2)20-15-5-4-14(17)13-8-18-7-6-12(13)15/h4-8,10,20H,17H2,1-3H3. The van der Waals surface area contributed by atoms with Crippen LogP contribution < -0.4 is 11.1 Å². The molecule has 0 saturated heterocycles. The molecule has 0 spiro atoms. The molecule has 3 rings (SSSR count). The molecule has 1 unspecified atom stereocenters. The van der Waals surface area contributed by atoms with E-state index in [1.54, 1.807) is 17.5 Å². The van der Waals surface area contributed by atoms with Crippen LogP contribution in [0.1, 0.15) is 28.5 Å². The average Bonchev–Trinajstić information content (AvgIpc) is 2.81. The summed E-state index contributed by atoms with van der Waals surface area (Å²) >= 11 is 1.74. The number of nitrogens with one attached hydrogen (secondary N) is 1. The molecular weight excluding hydrogens is 280 g/mol. The fourth-order valence-corrected chi connectivity index (χ4v) is 3.52. The van der Waals surface area contributed by atoms with Crippen LogP contribution >= 0.6 is 11.3 Å². The van der Waals surface area contributed by atoms with E-state index >= 15 is 0 Å². The van der Waals surface area contributed by atoms with E-state index in [1.807, 2.05) is 31.3 Å². The number of aryl methyl sites for hydroxylation is 2. The Kier molecular flexibility index (Phi) is 3.51. The quantitative estimate of drug-likeness (QED) is 0.716. The van der Waals surface area contributed by atoms with Gasteiger partial charge in [-0.2, -0.15) is 0 Å². The van der Waals surface area contributed by atoms with Crippen LogP contribution in [0, 0.1) is 13.8 Å². The largest absolute Gasteiger partial charge is 0.398 e. The third-order valence-corrected chi connectivity index (χ3v) is 4.81. The maximum absolute atomic E-state index is 6.02. The van der Waals surface area contributed by atoms with Crippen LogP contribution in [0.4, 0.5) is 11.4 Å². The minimum Gasteiger partial charge on any atom is -0.398 e. The second-order valence-electron chi connectivity index (χ2n) is 5.17. The summed E-state index contributed by atoms with van der Waals surface area (Å²) in [7, 11) is 0. The summed E-state index contributed by atoms with van der Waals surface area (Å²) in [6, 6.07) is 6.14. The Balaban J connectivity index is 1.99. The second-order valence-corrected chi connectivity index (χ2v) is 6.41. The van der Waals surface area contributed by atoms with Crippen LogP contribution in [0.15, 0.2) is 30.6 Å². The maximum Gasteiger partial charge on any atom is 0.0900 e. The first-order chi connectivity index (χ1) is 10.1. The molecule has 0 aliphatic rings. The SMILES string of the molecule is Cc1nc(C)c(C(C)Nc2ccc(N)c3cnccc23)s1. The average molecular weight is 298 g/mol. The van der Waals surface area contributed by atoms with Gasteiger partial charge in [0.15, 0.2) is 0 Å². The Bertz CT molecular complexity index is 794.